The number of nitrogen functional groups attached to an aromatic ring is 2. The molecule has 1 aliphatic rings. The monoisotopic (exact) mass is 520 g/mol. The Kier molecular flexibility index (Phi) is 7.71. The first-order chi connectivity index (χ1) is 17.2. The number of nitrogens with zero attached hydrogens (tertiary/aromatic N) is 4. The van der Waals surface area contributed by atoms with E-state index in [1.165, 1.54) is 13.3 Å². The summed E-state index contributed by atoms with van der Waals surface area (Å²) in [7, 11) is -4.05. The number of fused-ring (bicyclic) bond motifs is 1. The number of hydrogen-bond acceptors (Lipinski definition) is 12. The Morgan fingerprint density at radius 1 is 1.31 bits per heavy atom. The van der Waals surface area contributed by atoms with E-state index in [9.17, 15) is 9.36 Å². The molecule has 3 heterocycles. The van der Waals surface area contributed by atoms with Crippen molar-refractivity contribution in [3.05, 3.63) is 36.7 Å². The summed E-state index contributed by atoms with van der Waals surface area (Å²) in [5.74, 6) is -0.151. The lowest BCUT2D eigenvalue weighted by molar-refractivity contribution is -0.144. The summed E-state index contributed by atoms with van der Waals surface area (Å²) in [5.41, 5.74) is 18.7. The summed E-state index contributed by atoms with van der Waals surface area (Å²) >= 11 is 0. The molecule has 36 heavy (non-hydrogen) atoms. The van der Waals surface area contributed by atoms with Crippen LogP contribution in [0.3, 0.4) is 0 Å². The summed E-state index contributed by atoms with van der Waals surface area (Å²) in [5, 5.41) is 2.62. The molecule has 7 N–H and O–H groups in total. The summed E-state index contributed by atoms with van der Waals surface area (Å²) in [4.78, 5) is 24.5. The minimum atomic E-state index is -4.05. The number of carbonyl (C=O) groups is 1. The lowest BCUT2D eigenvalue weighted by Crippen LogP contribution is -2.37. The summed E-state index contributed by atoms with van der Waals surface area (Å²) in [6, 6.07) is 7.01. The molecule has 1 aromatic carbocycles. The van der Waals surface area contributed by atoms with Crippen molar-refractivity contribution in [3.63, 3.8) is 0 Å². The smallest absolute Gasteiger partial charge is 0.459 e. The van der Waals surface area contributed by atoms with Crippen molar-refractivity contribution < 1.29 is 27.9 Å². The molecule has 14 nitrogen and oxygen atoms in total. The van der Waals surface area contributed by atoms with Crippen molar-refractivity contribution in [2.45, 2.75) is 44.7 Å². The van der Waals surface area contributed by atoms with Gasteiger partial charge in [0.05, 0.1) is 25.6 Å². The molecule has 1 aliphatic heterocycles. The molecule has 0 amide bonds. The Morgan fingerprint density at radius 2 is 2.06 bits per heavy atom. The molecule has 15 heteroatoms. The zero-order chi connectivity index (χ0) is 25.9. The third-order valence-electron chi connectivity index (χ3n) is 5.43. The van der Waals surface area contributed by atoms with Gasteiger partial charge in [0.15, 0.2) is 11.5 Å². The molecule has 0 bridgehead atoms. The topological polar surface area (TPSA) is 205 Å². The van der Waals surface area contributed by atoms with E-state index < -0.39 is 38.1 Å². The Morgan fingerprint density at radius 3 is 2.78 bits per heavy atom. The SMILES string of the molecule is CCOC(=O)[C@H](C)NP(=O)(OC[C@H]1O[C@@H](n2cnc3c(N)nc(N)nc32)C[C@H]1N)Oc1ccccc1. The number of rotatable bonds is 10. The van der Waals surface area contributed by atoms with Gasteiger partial charge in [0, 0.05) is 12.5 Å². The van der Waals surface area contributed by atoms with Gasteiger partial charge in [-0.05, 0) is 26.0 Å². The van der Waals surface area contributed by atoms with E-state index in [0.717, 1.165) is 0 Å². The first-order valence-electron chi connectivity index (χ1n) is 11.3. The van der Waals surface area contributed by atoms with Gasteiger partial charge in [-0.3, -0.25) is 13.9 Å². The highest BCUT2D eigenvalue weighted by Crippen LogP contribution is 2.46. The number of nitrogens with two attached hydrogens (primary N) is 3. The fourth-order valence-electron chi connectivity index (χ4n) is 3.69. The Hall–Kier alpha value is -3.29. The van der Waals surface area contributed by atoms with Crippen molar-refractivity contribution >= 4 is 36.6 Å². The third kappa shape index (κ3) is 5.74. The van der Waals surface area contributed by atoms with Gasteiger partial charge in [0.25, 0.3) is 0 Å². The summed E-state index contributed by atoms with van der Waals surface area (Å²) < 4.78 is 37.7. The van der Waals surface area contributed by atoms with Crippen LogP contribution >= 0.6 is 7.75 Å². The van der Waals surface area contributed by atoms with Gasteiger partial charge in [-0.15, -0.1) is 0 Å². The van der Waals surface area contributed by atoms with Crippen molar-refractivity contribution in [2.24, 2.45) is 5.73 Å². The van der Waals surface area contributed by atoms with Gasteiger partial charge in [-0.25, -0.2) is 9.55 Å². The van der Waals surface area contributed by atoms with E-state index in [0.29, 0.717) is 23.3 Å². The average Bonchev–Trinajstić information content (AvgIpc) is 3.41. The van der Waals surface area contributed by atoms with E-state index in [-0.39, 0.29) is 25.0 Å². The number of anilines is 2. The highest BCUT2D eigenvalue weighted by molar-refractivity contribution is 7.52. The van der Waals surface area contributed by atoms with Crippen LogP contribution in [0.2, 0.25) is 0 Å². The van der Waals surface area contributed by atoms with Crippen LogP contribution in [-0.4, -0.2) is 56.9 Å². The molecule has 3 aromatic rings. The fraction of sp³-hybridized carbons (Fsp3) is 0.429. The zero-order valence-electron chi connectivity index (χ0n) is 19.8. The number of hydrogen-bond donors (Lipinski definition) is 4. The lowest BCUT2D eigenvalue weighted by atomic mass is 10.1. The molecule has 0 aliphatic carbocycles. The number of carbonyl (C=O) groups excluding carboxylic acids is 1. The number of ether oxygens (including phenoxy) is 2. The lowest BCUT2D eigenvalue weighted by Gasteiger charge is -2.24. The predicted molar refractivity (Wildman–Crippen MR) is 131 cm³/mol. The highest BCUT2D eigenvalue weighted by atomic mass is 31.2. The molecular formula is C21H29N8O6P. The molecule has 1 unspecified atom stereocenters. The quantitative estimate of drug-likeness (QED) is 0.220. The first kappa shape index (κ1) is 25.8. The molecule has 5 atom stereocenters. The van der Waals surface area contributed by atoms with Crippen LogP contribution in [0.25, 0.3) is 11.2 Å². The Labute approximate surface area is 207 Å². The molecule has 4 rings (SSSR count). The maximum absolute atomic E-state index is 13.6. The van der Waals surface area contributed by atoms with Crippen LogP contribution in [0.15, 0.2) is 36.7 Å². The Balaban J connectivity index is 1.48. The van der Waals surface area contributed by atoms with E-state index in [1.807, 2.05) is 0 Å². The van der Waals surface area contributed by atoms with Gasteiger partial charge in [0.1, 0.15) is 23.5 Å². The number of aromatic nitrogens is 4. The standard InChI is InChI=1S/C21H29N8O6P/c1-3-32-20(30)12(2)28-36(31,35-13-7-5-4-6-8-13)33-10-15-14(22)9-16(34-15)29-11-25-17-18(23)26-21(24)27-19(17)29/h4-8,11-12,14-16H,3,9-10,22H2,1-2H3,(H,28,31)(H4,23,24,26,27)/t12-,14+,15+,16+,36?/m0/s1. The van der Waals surface area contributed by atoms with Crippen LogP contribution in [0.1, 0.15) is 26.5 Å². The number of imidazole rings is 1. The second-order valence-corrected chi connectivity index (χ2v) is 9.81. The fourth-order valence-corrected chi connectivity index (χ4v) is 5.19. The number of benzene rings is 1. The normalized spacial score (nSPS) is 22.2. The zero-order valence-corrected chi connectivity index (χ0v) is 20.7. The molecular weight excluding hydrogens is 491 g/mol. The van der Waals surface area contributed by atoms with Crippen LogP contribution < -0.4 is 26.8 Å². The second kappa shape index (κ2) is 10.8. The molecule has 0 spiro atoms. The molecule has 1 saturated heterocycles. The van der Waals surface area contributed by atoms with Crippen LogP contribution in [0.5, 0.6) is 5.75 Å². The average molecular weight is 520 g/mol. The van der Waals surface area contributed by atoms with Crippen LogP contribution in [0, 0.1) is 0 Å². The number of esters is 1. The van der Waals surface area contributed by atoms with Gasteiger partial charge in [-0.1, -0.05) is 18.2 Å². The maximum Gasteiger partial charge on any atom is 0.459 e. The molecule has 2 aromatic heterocycles. The molecule has 1 fully saturated rings. The van der Waals surface area contributed by atoms with E-state index in [1.54, 1.807) is 41.8 Å². The first-order valence-corrected chi connectivity index (χ1v) is 12.8. The largest absolute Gasteiger partial charge is 0.465 e. The number of para-hydroxylation sites is 1. The predicted octanol–water partition coefficient (Wildman–Crippen LogP) is 1.35. The minimum Gasteiger partial charge on any atom is -0.465 e. The van der Waals surface area contributed by atoms with Crippen molar-refractivity contribution in [1.82, 2.24) is 24.6 Å². The highest BCUT2D eigenvalue weighted by Gasteiger charge is 2.39. The van der Waals surface area contributed by atoms with E-state index in [4.69, 9.17) is 35.7 Å². The van der Waals surface area contributed by atoms with Crippen LogP contribution in [0.4, 0.5) is 11.8 Å². The van der Waals surface area contributed by atoms with Gasteiger partial charge in [0.2, 0.25) is 5.95 Å². The van der Waals surface area contributed by atoms with E-state index >= 15 is 0 Å². The Bertz CT molecular complexity index is 1260. The molecule has 0 saturated carbocycles. The summed E-state index contributed by atoms with van der Waals surface area (Å²) in [6.45, 7) is 3.16. The maximum atomic E-state index is 13.6. The minimum absolute atomic E-state index is 0.00437. The van der Waals surface area contributed by atoms with Crippen molar-refractivity contribution in [1.29, 1.82) is 0 Å². The molecule has 194 valence electrons. The third-order valence-corrected chi connectivity index (χ3v) is 7.07. The van der Waals surface area contributed by atoms with E-state index in [2.05, 4.69) is 20.0 Å². The van der Waals surface area contributed by atoms with Gasteiger partial charge in [-0.2, -0.15) is 15.1 Å². The number of nitrogens with one attached hydrogen (secondary N) is 1. The second-order valence-electron chi connectivity index (χ2n) is 8.12. The molecule has 0 radical (unpaired) electrons. The van der Waals surface area contributed by atoms with Crippen molar-refractivity contribution in [2.75, 3.05) is 24.7 Å². The summed E-state index contributed by atoms with van der Waals surface area (Å²) in [6.07, 6.45) is 0.700. The van der Waals surface area contributed by atoms with Gasteiger partial charge >= 0.3 is 13.7 Å². The van der Waals surface area contributed by atoms with Gasteiger partial charge < -0.3 is 31.2 Å². The van der Waals surface area contributed by atoms with Crippen LogP contribution in [-0.2, 0) is 23.4 Å². The van der Waals surface area contributed by atoms with Crippen molar-refractivity contribution in [3.8, 4) is 5.75 Å².